The molecule has 0 saturated carbocycles. The standard InChI is InChI=1S/C28H31NO6/c1-17-24(13-12-21(25(17)31)23(30)14-28(2,3)4)35-16-19-11-10-18(15-29-19)20-8-7-9-22(26(20)33-5)27(32)34-6/h7-13,15,31H,14,16H2,1-6H3. The van der Waals surface area contributed by atoms with E-state index in [-0.39, 0.29) is 23.6 Å². The topological polar surface area (TPSA) is 95.0 Å². The molecule has 3 rings (SSSR count). The first-order chi connectivity index (χ1) is 16.6. The molecule has 1 aromatic heterocycles. The Labute approximate surface area is 205 Å². The van der Waals surface area contributed by atoms with E-state index < -0.39 is 5.97 Å². The lowest BCUT2D eigenvalue weighted by Gasteiger charge is -2.18. The summed E-state index contributed by atoms with van der Waals surface area (Å²) in [7, 11) is 2.82. The van der Waals surface area contributed by atoms with E-state index in [1.54, 1.807) is 37.4 Å². The Bertz CT molecular complexity index is 1230. The number of methoxy groups -OCH3 is 2. The van der Waals surface area contributed by atoms with E-state index in [1.165, 1.54) is 14.2 Å². The highest BCUT2D eigenvalue weighted by Gasteiger charge is 2.22. The van der Waals surface area contributed by atoms with Gasteiger partial charge in [0.2, 0.25) is 0 Å². The molecule has 1 heterocycles. The maximum absolute atomic E-state index is 12.5. The highest BCUT2D eigenvalue weighted by molar-refractivity contribution is 5.99. The molecule has 184 valence electrons. The lowest BCUT2D eigenvalue weighted by molar-refractivity contribution is 0.0597. The van der Waals surface area contributed by atoms with Gasteiger partial charge in [0.05, 0.1) is 25.5 Å². The first kappa shape index (κ1) is 25.7. The van der Waals surface area contributed by atoms with Gasteiger partial charge in [0.25, 0.3) is 0 Å². The van der Waals surface area contributed by atoms with Gasteiger partial charge in [-0.15, -0.1) is 0 Å². The van der Waals surface area contributed by atoms with Crippen molar-refractivity contribution in [3.8, 4) is 28.4 Å². The number of hydrogen-bond acceptors (Lipinski definition) is 7. The van der Waals surface area contributed by atoms with E-state index in [1.807, 2.05) is 39.0 Å². The fourth-order valence-corrected chi connectivity index (χ4v) is 3.72. The number of pyridine rings is 1. The van der Waals surface area contributed by atoms with Crippen LogP contribution in [-0.4, -0.2) is 36.1 Å². The Morgan fingerprint density at radius 1 is 1.00 bits per heavy atom. The third kappa shape index (κ3) is 5.98. The van der Waals surface area contributed by atoms with Crippen molar-refractivity contribution in [3.63, 3.8) is 0 Å². The SMILES string of the molecule is COC(=O)c1cccc(-c2ccc(COc3ccc(C(=O)CC(C)(C)C)c(O)c3C)nc2)c1OC. The number of aromatic hydroxyl groups is 1. The van der Waals surface area contributed by atoms with E-state index >= 15 is 0 Å². The third-order valence-corrected chi connectivity index (χ3v) is 5.51. The van der Waals surface area contributed by atoms with Crippen LogP contribution in [0.15, 0.2) is 48.7 Å². The Morgan fingerprint density at radius 3 is 2.34 bits per heavy atom. The van der Waals surface area contributed by atoms with Crippen LogP contribution in [0.25, 0.3) is 11.1 Å². The summed E-state index contributed by atoms with van der Waals surface area (Å²) in [6, 6.07) is 12.2. The van der Waals surface area contributed by atoms with Crippen molar-refractivity contribution in [2.24, 2.45) is 5.41 Å². The summed E-state index contributed by atoms with van der Waals surface area (Å²) in [4.78, 5) is 29.1. The van der Waals surface area contributed by atoms with E-state index in [2.05, 4.69) is 4.98 Å². The largest absolute Gasteiger partial charge is 0.507 e. The van der Waals surface area contributed by atoms with Crippen molar-refractivity contribution >= 4 is 11.8 Å². The summed E-state index contributed by atoms with van der Waals surface area (Å²) in [5.41, 5.74) is 3.12. The molecule has 0 spiro atoms. The van der Waals surface area contributed by atoms with E-state index in [9.17, 15) is 14.7 Å². The van der Waals surface area contributed by atoms with Gasteiger partial charge in [-0.05, 0) is 36.6 Å². The van der Waals surface area contributed by atoms with Gasteiger partial charge in [0.15, 0.2) is 5.78 Å². The van der Waals surface area contributed by atoms with E-state index in [0.29, 0.717) is 45.9 Å². The van der Waals surface area contributed by atoms with Gasteiger partial charge in [-0.1, -0.05) is 39.0 Å². The lowest BCUT2D eigenvalue weighted by Crippen LogP contribution is -2.13. The lowest BCUT2D eigenvalue weighted by atomic mass is 9.87. The number of hydrogen-bond donors (Lipinski definition) is 1. The monoisotopic (exact) mass is 477 g/mol. The Kier molecular flexibility index (Phi) is 7.79. The Morgan fingerprint density at radius 2 is 1.74 bits per heavy atom. The minimum atomic E-state index is -0.480. The molecule has 0 aliphatic rings. The van der Waals surface area contributed by atoms with Crippen LogP contribution in [0.3, 0.4) is 0 Å². The van der Waals surface area contributed by atoms with Gasteiger partial charge in [0.1, 0.15) is 29.4 Å². The average Bonchev–Trinajstić information content (AvgIpc) is 2.83. The van der Waals surface area contributed by atoms with Crippen LogP contribution in [0.2, 0.25) is 0 Å². The number of para-hydroxylation sites is 1. The normalized spacial score (nSPS) is 11.1. The molecule has 7 heteroatoms. The van der Waals surface area contributed by atoms with Crippen LogP contribution >= 0.6 is 0 Å². The van der Waals surface area contributed by atoms with E-state index in [0.717, 1.165) is 5.56 Å². The predicted octanol–water partition coefficient (Wildman–Crippen LogP) is 5.76. The van der Waals surface area contributed by atoms with Crippen molar-refractivity contribution in [2.45, 2.75) is 40.7 Å². The minimum absolute atomic E-state index is 0.0577. The summed E-state index contributed by atoms with van der Waals surface area (Å²) >= 11 is 0. The van der Waals surface area contributed by atoms with Gasteiger partial charge in [-0.2, -0.15) is 0 Å². The molecule has 0 aliphatic heterocycles. The molecule has 0 atom stereocenters. The molecular weight excluding hydrogens is 446 g/mol. The van der Waals surface area contributed by atoms with Crippen LogP contribution in [0.1, 0.15) is 59.2 Å². The number of esters is 1. The second-order valence-electron chi connectivity index (χ2n) is 9.45. The highest BCUT2D eigenvalue weighted by Crippen LogP contribution is 2.35. The van der Waals surface area contributed by atoms with Crippen LogP contribution in [-0.2, 0) is 11.3 Å². The zero-order chi connectivity index (χ0) is 25.8. The number of phenols is 1. The molecule has 2 aromatic carbocycles. The number of benzene rings is 2. The zero-order valence-electron chi connectivity index (χ0n) is 21.0. The summed E-state index contributed by atoms with van der Waals surface area (Å²) in [6.07, 6.45) is 2.01. The summed E-state index contributed by atoms with van der Waals surface area (Å²) in [5.74, 6) is 0.253. The van der Waals surface area contributed by atoms with Crippen LogP contribution < -0.4 is 9.47 Å². The number of carbonyl (C=O) groups excluding carboxylic acids is 2. The smallest absolute Gasteiger partial charge is 0.341 e. The van der Waals surface area contributed by atoms with Crippen molar-refractivity contribution in [2.75, 3.05) is 14.2 Å². The van der Waals surface area contributed by atoms with Crippen LogP contribution in [0.5, 0.6) is 17.2 Å². The second kappa shape index (κ2) is 10.6. The van der Waals surface area contributed by atoms with Crippen molar-refractivity contribution in [1.82, 2.24) is 4.98 Å². The molecular formula is C28H31NO6. The maximum atomic E-state index is 12.5. The molecule has 1 N–H and O–H groups in total. The van der Waals surface area contributed by atoms with E-state index in [4.69, 9.17) is 14.2 Å². The van der Waals surface area contributed by atoms with Gasteiger partial charge < -0.3 is 19.3 Å². The number of phenolic OH excluding ortho intramolecular Hbond substituents is 1. The number of rotatable bonds is 8. The fraction of sp³-hybridized carbons (Fsp3) is 0.321. The van der Waals surface area contributed by atoms with Gasteiger partial charge in [-0.25, -0.2) is 4.79 Å². The molecule has 0 amide bonds. The number of aromatic nitrogens is 1. The second-order valence-corrected chi connectivity index (χ2v) is 9.45. The molecule has 0 unspecified atom stereocenters. The first-order valence-corrected chi connectivity index (χ1v) is 11.2. The zero-order valence-corrected chi connectivity index (χ0v) is 21.0. The summed E-state index contributed by atoms with van der Waals surface area (Å²) < 4.78 is 16.2. The van der Waals surface area contributed by atoms with Crippen molar-refractivity contribution in [1.29, 1.82) is 0 Å². The number of ether oxygens (including phenoxy) is 3. The van der Waals surface area contributed by atoms with Crippen molar-refractivity contribution in [3.05, 3.63) is 71.0 Å². The molecule has 0 radical (unpaired) electrons. The maximum Gasteiger partial charge on any atom is 0.341 e. The number of Topliss-reactive ketones (excluding diaryl/α,β-unsaturated/α-hetero) is 1. The van der Waals surface area contributed by atoms with Gasteiger partial charge >= 0.3 is 5.97 Å². The highest BCUT2D eigenvalue weighted by atomic mass is 16.5. The number of nitrogens with zero attached hydrogens (tertiary/aromatic N) is 1. The Hall–Kier alpha value is -3.87. The quantitative estimate of drug-likeness (QED) is 0.326. The molecule has 0 saturated heterocycles. The minimum Gasteiger partial charge on any atom is -0.507 e. The average molecular weight is 478 g/mol. The first-order valence-electron chi connectivity index (χ1n) is 11.2. The summed E-state index contributed by atoms with van der Waals surface area (Å²) in [6.45, 7) is 7.84. The molecule has 0 fully saturated rings. The third-order valence-electron chi connectivity index (χ3n) is 5.51. The van der Waals surface area contributed by atoms with Crippen molar-refractivity contribution < 1.29 is 28.9 Å². The predicted molar refractivity (Wildman–Crippen MR) is 133 cm³/mol. The molecule has 3 aromatic rings. The number of ketones is 1. The molecule has 0 bridgehead atoms. The Balaban J connectivity index is 1.76. The van der Waals surface area contributed by atoms with Crippen LogP contribution in [0.4, 0.5) is 0 Å². The van der Waals surface area contributed by atoms with Crippen LogP contribution in [0, 0.1) is 12.3 Å². The molecule has 35 heavy (non-hydrogen) atoms. The summed E-state index contributed by atoms with van der Waals surface area (Å²) in [5, 5.41) is 10.6. The molecule has 0 aliphatic carbocycles. The van der Waals surface area contributed by atoms with Gasteiger partial charge in [-0.3, -0.25) is 9.78 Å². The fourth-order valence-electron chi connectivity index (χ4n) is 3.72. The van der Waals surface area contributed by atoms with Gasteiger partial charge in [0, 0.05) is 29.3 Å². The number of carbonyl (C=O) groups is 2. The molecule has 7 nitrogen and oxygen atoms in total.